The lowest BCUT2D eigenvalue weighted by Gasteiger charge is -2.10. The highest BCUT2D eigenvalue weighted by atomic mass is 16.5. The zero-order valence-electron chi connectivity index (χ0n) is 14.9. The van der Waals surface area contributed by atoms with Crippen LogP contribution >= 0.6 is 0 Å². The van der Waals surface area contributed by atoms with Crippen molar-refractivity contribution in [2.24, 2.45) is 0 Å². The van der Waals surface area contributed by atoms with Gasteiger partial charge < -0.3 is 15.4 Å². The summed E-state index contributed by atoms with van der Waals surface area (Å²) in [6, 6.07) is 23.8. The number of nitrogens with one attached hydrogen (secondary N) is 2. The van der Waals surface area contributed by atoms with E-state index in [-0.39, 0.29) is 6.03 Å². The molecule has 134 valence electrons. The molecule has 0 spiro atoms. The third-order valence-electron chi connectivity index (χ3n) is 3.88. The van der Waals surface area contributed by atoms with Gasteiger partial charge in [0.25, 0.3) is 0 Å². The predicted molar refractivity (Wildman–Crippen MR) is 105 cm³/mol. The molecule has 0 aliphatic rings. The summed E-state index contributed by atoms with van der Waals surface area (Å²) in [5.41, 5.74) is 3.32. The first-order valence-electron chi connectivity index (χ1n) is 8.51. The van der Waals surface area contributed by atoms with Gasteiger partial charge >= 0.3 is 6.03 Å². The Kier molecular flexibility index (Phi) is 5.70. The number of urea groups is 1. The summed E-state index contributed by atoms with van der Waals surface area (Å²) in [5.74, 6) is 1.08. The number of hydrogen-bond donors (Lipinski definition) is 2. The second-order valence-electron chi connectivity index (χ2n) is 6.03. The van der Waals surface area contributed by atoms with Crippen molar-refractivity contribution in [1.29, 1.82) is 5.26 Å². The molecule has 3 aromatic rings. The van der Waals surface area contributed by atoms with Crippen LogP contribution in [-0.2, 0) is 6.54 Å². The number of para-hydroxylation sites is 1. The van der Waals surface area contributed by atoms with Crippen LogP contribution < -0.4 is 15.4 Å². The van der Waals surface area contributed by atoms with Crippen LogP contribution in [0.2, 0.25) is 0 Å². The Balaban J connectivity index is 1.55. The van der Waals surface area contributed by atoms with Gasteiger partial charge in [0.1, 0.15) is 17.6 Å². The normalized spacial score (nSPS) is 9.93. The van der Waals surface area contributed by atoms with Gasteiger partial charge in [0.2, 0.25) is 0 Å². The highest BCUT2D eigenvalue weighted by Gasteiger charge is 2.05. The third-order valence-corrected chi connectivity index (χ3v) is 3.88. The monoisotopic (exact) mass is 357 g/mol. The van der Waals surface area contributed by atoms with Gasteiger partial charge in [-0.2, -0.15) is 5.26 Å². The largest absolute Gasteiger partial charge is 0.456 e. The van der Waals surface area contributed by atoms with Crippen molar-refractivity contribution in [2.75, 3.05) is 5.32 Å². The first-order valence-corrected chi connectivity index (χ1v) is 8.51. The fraction of sp³-hybridized carbons (Fsp3) is 0.0909. The van der Waals surface area contributed by atoms with E-state index in [0.717, 1.165) is 11.1 Å². The van der Waals surface area contributed by atoms with E-state index in [1.165, 1.54) is 0 Å². The Bertz CT molecular complexity index is 975. The molecule has 27 heavy (non-hydrogen) atoms. The van der Waals surface area contributed by atoms with Crippen LogP contribution in [0.1, 0.15) is 16.7 Å². The van der Waals surface area contributed by atoms with Crippen molar-refractivity contribution >= 4 is 11.7 Å². The first-order chi connectivity index (χ1) is 13.1. The van der Waals surface area contributed by atoms with Crippen molar-refractivity contribution in [3.63, 3.8) is 0 Å². The zero-order chi connectivity index (χ0) is 19.1. The molecule has 2 amide bonds. The Hall–Kier alpha value is -3.78. The maximum atomic E-state index is 12.0. The second kappa shape index (κ2) is 8.54. The van der Waals surface area contributed by atoms with E-state index in [1.54, 1.807) is 42.5 Å². The van der Waals surface area contributed by atoms with E-state index in [2.05, 4.69) is 16.7 Å². The average Bonchev–Trinajstić information content (AvgIpc) is 2.68. The number of carbonyl (C=O) groups is 1. The molecule has 0 saturated heterocycles. The van der Waals surface area contributed by atoms with Gasteiger partial charge in [0.05, 0.1) is 5.56 Å². The highest BCUT2D eigenvalue weighted by Crippen LogP contribution is 2.25. The summed E-state index contributed by atoms with van der Waals surface area (Å²) in [6.45, 7) is 2.47. The van der Waals surface area contributed by atoms with Crippen molar-refractivity contribution < 1.29 is 9.53 Å². The van der Waals surface area contributed by atoms with E-state index < -0.39 is 0 Å². The Labute approximate surface area is 158 Å². The number of nitriles is 1. The lowest BCUT2D eigenvalue weighted by molar-refractivity contribution is 0.251. The molecule has 0 aliphatic carbocycles. The SMILES string of the molecule is Cc1cccc(CNC(=O)Nc2ccc(Oc3ccccc3C#N)cc2)c1. The first kappa shape index (κ1) is 18.0. The fourth-order valence-electron chi connectivity index (χ4n) is 2.56. The number of ether oxygens (including phenoxy) is 1. The molecule has 5 heteroatoms. The van der Waals surface area contributed by atoms with Crippen molar-refractivity contribution in [3.05, 3.63) is 89.5 Å². The van der Waals surface area contributed by atoms with Gasteiger partial charge in [0.15, 0.2) is 0 Å². The maximum absolute atomic E-state index is 12.0. The molecular formula is C22H19N3O2. The van der Waals surface area contributed by atoms with Gasteiger partial charge in [-0.1, -0.05) is 42.0 Å². The number of amides is 2. The Morgan fingerprint density at radius 1 is 1.04 bits per heavy atom. The molecule has 0 heterocycles. The lowest BCUT2D eigenvalue weighted by atomic mass is 10.1. The van der Waals surface area contributed by atoms with Gasteiger partial charge in [-0.05, 0) is 48.9 Å². The number of aryl methyl sites for hydroxylation is 1. The van der Waals surface area contributed by atoms with Crippen LogP contribution in [0.25, 0.3) is 0 Å². The van der Waals surface area contributed by atoms with Crippen molar-refractivity contribution in [3.8, 4) is 17.6 Å². The molecule has 0 aliphatic heterocycles. The van der Waals surface area contributed by atoms with Crippen LogP contribution in [0.4, 0.5) is 10.5 Å². The molecule has 5 nitrogen and oxygen atoms in total. The van der Waals surface area contributed by atoms with Crippen LogP contribution in [0.3, 0.4) is 0 Å². The van der Waals surface area contributed by atoms with Crippen molar-refractivity contribution in [2.45, 2.75) is 13.5 Å². The van der Waals surface area contributed by atoms with Gasteiger partial charge in [0, 0.05) is 12.2 Å². The number of hydrogen-bond acceptors (Lipinski definition) is 3. The van der Waals surface area contributed by atoms with E-state index >= 15 is 0 Å². The minimum atomic E-state index is -0.278. The third kappa shape index (κ3) is 5.10. The maximum Gasteiger partial charge on any atom is 0.319 e. The summed E-state index contributed by atoms with van der Waals surface area (Å²) in [6.07, 6.45) is 0. The number of anilines is 1. The zero-order valence-corrected chi connectivity index (χ0v) is 14.9. The molecule has 0 aromatic heterocycles. The molecule has 0 unspecified atom stereocenters. The lowest BCUT2D eigenvalue weighted by Crippen LogP contribution is -2.28. The Morgan fingerprint density at radius 2 is 1.81 bits per heavy atom. The van der Waals surface area contributed by atoms with E-state index in [9.17, 15) is 4.79 Å². The van der Waals surface area contributed by atoms with E-state index in [0.29, 0.717) is 29.3 Å². The standard InChI is InChI=1S/C22H19N3O2/c1-16-5-4-6-17(13-16)15-24-22(26)25-19-9-11-20(12-10-19)27-21-8-3-2-7-18(21)14-23/h2-13H,15H2,1H3,(H2,24,25,26). The van der Waals surface area contributed by atoms with Gasteiger partial charge in [-0.25, -0.2) is 4.79 Å². The second-order valence-corrected chi connectivity index (χ2v) is 6.03. The average molecular weight is 357 g/mol. The van der Waals surface area contributed by atoms with Crippen LogP contribution in [0, 0.1) is 18.3 Å². The number of rotatable bonds is 5. The van der Waals surface area contributed by atoms with Crippen LogP contribution in [0.15, 0.2) is 72.8 Å². The molecule has 3 rings (SSSR count). The summed E-state index contributed by atoms with van der Waals surface area (Å²) in [5, 5.41) is 14.7. The quantitative estimate of drug-likeness (QED) is 0.676. The van der Waals surface area contributed by atoms with Crippen molar-refractivity contribution in [1.82, 2.24) is 5.32 Å². The van der Waals surface area contributed by atoms with Gasteiger partial charge in [-0.3, -0.25) is 0 Å². The fourth-order valence-corrected chi connectivity index (χ4v) is 2.56. The molecule has 0 fully saturated rings. The molecule has 0 radical (unpaired) electrons. The minimum absolute atomic E-state index is 0.278. The smallest absolute Gasteiger partial charge is 0.319 e. The van der Waals surface area contributed by atoms with E-state index in [4.69, 9.17) is 10.00 Å². The molecular weight excluding hydrogens is 338 g/mol. The number of benzene rings is 3. The summed E-state index contributed by atoms with van der Waals surface area (Å²) >= 11 is 0. The highest BCUT2D eigenvalue weighted by molar-refractivity contribution is 5.89. The number of carbonyl (C=O) groups excluding carboxylic acids is 1. The topological polar surface area (TPSA) is 74.2 Å². The Morgan fingerprint density at radius 3 is 2.56 bits per heavy atom. The molecule has 0 saturated carbocycles. The van der Waals surface area contributed by atoms with Crippen LogP contribution in [0.5, 0.6) is 11.5 Å². The van der Waals surface area contributed by atoms with E-state index in [1.807, 2.05) is 37.3 Å². The predicted octanol–water partition coefficient (Wildman–Crippen LogP) is 4.98. The summed E-state index contributed by atoms with van der Waals surface area (Å²) in [4.78, 5) is 12.0. The van der Waals surface area contributed by atoms with Crippen LogP contribution in [-0.4, -0.2) is 6.03 Å². The minimum Gasteiger partial charge on any atom is -0.456 e. The molecule has 3 aromatic carbocycles. The summed E-state index contributed by atoms with van der Waals surface area (Å²) < 4.78 is 5.73. The molecule has 0 bridgehead atoms. The molecule has 2 N–H and O–H groups in total. The number of nitrogens with zero attached hydrogens (tertiary/aromatic N) is 1. The molecule has 0 atom stereocenters. The summed E-state index contributed by atoms with van der Waals surface area (Å²) in [7, 11) is 0. The van der Waals surface area contributed by atoms with Gasteiger partial charge in [-0.15, -0.1) is 0 Å².